The molecule has 4 rings (SSSR count). The predicted molar refractivity (Wildman–Crippen MR) is 166 cm³/mol. The van der Waals surface area contributed by atoms with Gasteiger partial charge in [0.2, 0.25) is 5.91 Å². The Morgan fingerprint density at radius 1 is 0.738 bits per heavy atom. The number of aromatic carboxylic acids is 1. The van der Waals surface area contributed by atoms with E-state index in [1.165, 1.54) is 30.0 Å². The van der Waals surface area contributed by atoms with Crippen LogP contribution >= 0.6 is 35.0 Å². The van der Waals surface area contributed by atoms with E-state index in [0.717, 1.165) is 0 Å². The number of amides is 3. The van der Waals surface area contributed by atoms with Gasteiger partial charge in [-0.2, -0.15) is 0 Å². The zero-order chi connectivity index (χ0) is 30.1. The fourth-order valence-electron chi connectivity index (χ4n) is 3.67. The highest BCUT2D eigenvalue weighted by atomic mass is 35.5. The van der Waals surface area contributed by atoms with Crippen LogP contribution in [0.1, 0.15) is 26.3 Å². The van der Waals surface area contributed by atoms with Crippen molar-refractivity contribution in [3.05, 3.63) is 129 Å². The molecule has 212 valence electrons. The summed E-state index contributed by atoms with van der Waals surface area (Å²) in [5.41, 5.74) is 1.49. The van der Waals surface area contributed by atoms with Crippen molar-refractivity contribution in [1.82, 2.24) is 5.32 Å². The molecule has 0 spiro atoms. The van der Waals surface area contributed by atoms with Crippen LogP contribution in [0.4, 0.5) is 11.4 Å². The Hall–Kier alpha value is -4.57. The Labute approximate surface area is 255 Å². The number of hydrogen-bond acceptors (Lipinski definition) is 5. The molecule has 0 aliphatic heterocycles. The van der Waals surface area contributed by atoms with Crippen molar-refractivity contribution in [2.75, 3.05) is 16.4 Å². The Morgan fingerprint density at radius 3 is 2.05 bits per heavy atom. The first kappa shape index (κ1) is 30.4. The number of carboxylic acids is 1. The maximum atomic E-state index is 13.4. The maximum absolute atomic E-state index is 13.4. The highest BCUT2D eigenvalue weighted by molar-refractivity contribution is 8.00. The Bertz CT molecular complexity index is 1660. The van der Waals surface area contributed by atoms with Crippen LogP contribution in [0, 0.1) is 0 Å². The van der Waals surface area contributed by atoms with E-state index < -0.39 is 17.8 Å². The number of benzene rings is 4. The molecule has 4 N–H and O–H groups in total. The number of carbonyl (C=O) groups excluding carboxylic acids is 3. The van der Waals surface area contributed by atoms with Crippen LogP contribution < -0.4 is 16.0 Å². The minimum Gasteiger partial charge on any atom is -0.478 e. The van der Waals surface area contributed by atoms with Crippen molar-refractivity contribution in [1.29, 1.82) is 0 Å². The third-order valence-corrected chi connectivity index (χ3v) is 7.33. The molecule has 0 heterocycles. The lowest BCUT2D eigenvalue weighted by Crippen LogP contribution is -2.30. The molecule has 11 heteroatoms. The van der Waals surface area contributed by atoms with Crippen LogP contribution in [0.15, 0.2) is 108 Å². The Kier molecular flexibility index (Phi) is 10.4. The van der Waals surface area contributed by atoms with E-state index >= 15 is 0 Å². The number of thioether (sulfide) groups is 1. The van der Waals surface area contributed by atoms with Crippen LogP contribution in [0.3, 0.4) is 0 Å². The molecule has 0 bridgehead atoms. The number of nitrogens with one attached hydrogen (secondary N) is 3. The van der Waals surface area contributed by atoms with Gasteiger partial charge in [-0.05, 0) is 66.7 Å². The monoisotopic (exact) mass is 619 g/mol. The van der Waals surface area contributed by atoms with Crippen molar-refractivity contribution < 1.29 is 24.3 Å². The summed E-state index contributed by atoms with van der Waals surface area (Å²) in [6.07, 6.45) is 1.41. The van der Waals surface area contributed by atoms with Gasteiger partial charge >= 0.3 is 5.97 Å². The van der Waals surface area contributed by atoms with E-state index in [1.807, 2.05) is 0 Å². The molecule has 8 nitrogen and oxygen atoms in total. The molecule has 0 aromatic heterocycles. The lowest BCUT2D eigenvalue weighted by atomic mass is 10.1. The zero-order valence-corrected chi connectivity index (χ0v) is 24.1. The maximum Gasteiger partial charge on any atom is 0.335 e. The first-order chi connectivity index (χ1) is 20.2. The second-order valence-electron chi connectivity index (χ2n) is 8.72. The predicted octanol–water partition coefficient (Wildman–Crippen LogP) is 6.83. The van der Waals surface area contributed by atoms with Crippen LogP contribution in [0.5, 0.6) is 0 Å². The summed E-state index contributed by atoms with van der Waals surface area (Å²) in [5, 5.41) is 17.8. The lowest BCUT2D eigenvalue weighted by Gasteiger charge is -2.13. The molecule has 0 radical (unpaired) electrons. The Morgan fingerprint density at radius 2 is 1.36 bits per heavy atom. The van der Waals surface area contributed by atoms with Crippen molar-refractivity contribution >= 4 is 76.1 Å². The van der Waals surface area contributed by atoms with E-state index in [9.17, 15) is 19.2 Å². The van der Waals surface area contributed by atoms with Gasteiger partial charge in [0.1, 0.15) is 5.70 Å². The second kappa shape index (κ2) is 14.4. The summed E-state index contributed by atoms with van der Waals surface area (Å²) in [6.45, 7) is 0. The van der Waals surface area contributed by atoms with Crippen LogP contribution in [-0.2, 0) is 9.59 Å². The van der Waals surface area contributed by atoms with Crippen LogP contribution in [-0.4, -0.2) is 34.6 Å². The zero-order valence-electron chi connectivity index (χ0n) is 21.8. The molecule has 0 unspecified atom stereocenters. The molecular weight excluding hydrogens is 597 g/mol. The third-order valence-electron chi connectivity index (χ3n) is 5.67. The van der Waals surface area contributed by atoms with Gasteiger partial charge in [0.05, 0.1) is 11.3 Å². The van der Waals surface area contributed by atoms with Gasteiger partial charge in [-0.15, -0.1) is 11.8 Å². The molecule has 3 amide bonds. The molecule has 4 aromatic rings. The molecule has 4 aromatic carbocycles. The number of carbonyl (C=O) groups is 4. The first-order valence-electron chi connectivity index (χ1n) is 12.4. The molecular formula is C31H23Cl2N3O5S. The molecule has 42 heavy (non-hydrogen) atoms. The smallest absolute Gasteiger partial charge is 0.335 e. The summed E-state index contributed by atoms with van der Waals surface area (Å²) in [7, 11) is 0. The van der Waals surface area contributed by atoms with Crippen LogP contribution in [0.25, 0.3) is 6.08 Å². The summed E-state index contributed by atoms with van der Waals surface area (Å²) in [5.74, 6) is -2.50. The minimum atomic E-state index is -1.09. The average Bonchev–Trinajstić information content (AvgIpc) is 2.98. The van der Waals surface area contributed by atoms with E-state index in [1.54, 1.807) is 84.9 Å². The average molecular weight is 621 g/mol. The van der Waals surface area contributed by atoms with E-state index in [-0.39, 0.29) is 22.9 Å². The molecule has 0 saturated heterocycles. The van der Waals surface area contributed by atoms with Gasteiger partial charge in [-0.3, -0.25) is 14.4 Å². The van der Waals surface area contributed by atoms with Gasteiger partial charge in [0.25, 0.3) is 11.8 Å². The van der Waals surface area contributed by atoms with Crippen molar-refractivity contribution in [3.63, 3.8) is 0 Å². The number of hydrogen-bond donors (Lipinski definition) is 4. The fraction of sp³-hybridized carbons (Fsp3) is 0.0323. The van der Waals surface area contributed by atoms with Gasteiger partial charge in [-0.1, -0.05) is 59.6 Å². The molecule has 0 aliphatic rings. The summed E-state index contributed by atoms with van der Waals surface area (Å²) in [4.78, 5) is 50.6. The topological polar surface area (TPSA) is 125 Å². The number of halogens is 2. The van der Waals surface area contributed by atoms with Crippen LogP contribution in [0.2, 0.25) is 10.0 Å². The number of carboxylic acid groups (broad SMARTS) is 1. The summed E-state index contributed by atoms with van der Waals surface area (Å²) >= 11 is 13.8. The van der Waals surface area contributed by atoms with E-state index in [2.05, 4.69) is 16.0 Å². The largest absolute Gasteiger partial charge is 0.478 e. The minimum absolute atomic E-state index is 0.0397. The highest BCUT2D eigenvalue weighted by Crippen LogP contribution is 2.27. The fourth-order valence-corrected chi connectivity index (χ4v) is 4.93. The normalized spacial score (nSPS) is 11.0. The third kappa shape index (κ3) is 8.47. The quantitative estimate of drug-likeness (QED) is 0.114. The van der Waals surface area contributed by atoms with Crippen molar-refractivity contribution in [2.45, 2.75) is 4.90 Å². The van der Waals surface area contributed by atoms with E-state index in [4.69, 9.17) is 28.3 Å². The Balaban J connectivity index is 1.47. The van der Waals surface area contributed by atoms with Gasteiger partial charge in [0.15, 0.2) is 0 Å². The highest BCUT2D eigenvalue weighted by Gasteiger charge is 2.17. The first-order valence-corrected chi connectivity index (χ1v) is 14.1. The standard InChI is InChI=1S/C31H23Cl2N3O5S/c32-25-13-6-14-26(33)24(25)17-27(36-29(38)19-7-2-1-3-8-19)30(39)35-22-11-5-12-23(16-22)42-18-28(37)34-21-10-4-9-20(15-21)31(40)41/h1-17H,18H2,(H,34,37)(H,35,39)(H,36,38)(H,40,41)/b27-17+. The molecule has 0 atom stereocenters. The van der Waals surface area contributed by atoms with Gasteiger partial charge in [0, 0.05) is 37.4 Å². The summed E-state index contributed by atoms with van der Waals surface area (Å²) in [6, 6.07) is 26.1. The SMILES string of the molecule is O=C(CSc1cccc(NC(=O)/C(=C\c2c(Cl)cccc2Cl)NC(=O)c2ccccc2)c1)Nc1cccc(C(=O)O)c1. The second-order valence-corrected chi connectivity index (χ2v) is 10.6. The molecule has 0 aliphatic carbocycles. The molecule has 0 saturated carbocycles. The lowest BCUT2D eigenvalue weighted by molar-refractivity contribution is -0.114. The van der Waals surface area contributed by atoms with Gasteiger partial charge in [-0.25, -0.2) is 4.79 Å². The van der Waals surface area contributed by atoms with Crippen molar-refractivity contribution in [2.24, 2.45) is 0 Å². The van der Waals surface area contributed by atoms with Crippen molar-refractivity contribution in [3.8, 4) is 0 Å². The number of rotatable bonds is 10. The number of anilines is 2. The summed E-state index contributed by atoms with van der Waals surface area (Å²) < 4.78 is 0. The molecule has 0 fully saturated rings. The van der Waals surface area contributed by atoms with E-state index in [0.29, 0.717) is 37.4 Å². The van der Waals surface area contributed by atoms with Gasteiger partial charge < -0.3 is 21.1 Å².